The van der Waals surface area contributed by atoms with Crippen LogP contribution in [0.1, 0.15) is 37.7 Å². The van der Waals surface area contributed by atoms with E-state index in [1.165, 1.54) is 19.3 Å². The van der Waals surface area contributed by atoms with Gasteiger partial charge in [-0.05, 0) is 37.3 Å². The Bertz CT molecular complexity index is 470. The molecule has 0 saturated heterocycles. The van der Waals surface area contributed by atoms with Crippen LogP contribution < -0.4 is 11.1 Å². The fourth-order valence-corrected chi connectivity index (χ4v) is 3.03. The number of nitrogens with one attached hydrogen (secondary N) is 1. The van der Waals surface area contributed by atoms with Crippen molar-refractivity contribution in [3.8, 4) is 0 Å². The highest BCUT2D eigenvalue weighted by atomic mass is 16.6. The Morgan fingerprint density at radius 2 is 2.10 bits per heavy atom. The van der Waals surface area contributed by atoms with E-state index in [-0.39, 0.29) is 16.7 Å². The number of anilines is 1. The van der Waals surface area contributed by atoms with Crippen molar-refractivity contribution in [1.29, 1.82) is 0 Å². The maximum absolute atomic E-state index is 11.1. The smallest absolute Gasteiger partial charge is 0.292 e. The Kier molecular flexibility index (Phi) is 4.95. The van der Waals surface area contributed by atoms with E-state index in [0.717, 1.165) is 18.4 Å². The number of nitrogens with two attached hydrogens (primary N) is 1. The van der Waals surface area contributed by atoms with Gasteiger partial charge in [-0.15, -0.1) is 0 Å². The Morgan fingerprint density at radius 1 is 1.40 bits per heavy atom. The van der Waals surface area contributed by atoms with Crippen molar-refractivity contribution in [2.75, 3.05) is 11.9 Å². The van der Waals surface area contributed by atoms with Crippen molar-refractivity contribution in [3.05, 3.63) is 33.9 Å². The van der Waals surface area contributed by atoms with Crippen LogP contribution in [-0.2, 0) is 0 Å². The van der Waals surface area contributed by atoms with Crippen molar-refractivity contribution < 1.29 is 4.92 Å². The molecule has 1 aliphatic carbocycles. The predicted octanol–water partition coefficient (Wildman–Crippen LogP) is 3.22. The number of nitro benzene ring substituents is 1. The van der Waals surface area contributed by atoms with Gasteiger partial charge in [0.1, 0.15) is 5.69 Å². The topological polar surface area (TPSA) is 81.2 Å². The summed E-state index contributed by atoms with van der Waals surface area (Å²) in [5.41, 5.74) is 7.62. The van der Waals surface area contributed by atoms with Crippen molar-refractivity contribution in [2.45, 2.75) is 45.1 Å². The maximum Gasteiger partial charge on any atom is 0.292 e. The predicted molar refractivity (Wildman–Crippen MR) is 80.9 cm³/mol. The number of hydrogen-bond acceptors (Lipinski definition) is 4. The molecule has 1 unspecified atom stereocenters. The normalized spacial score (nSPS) is 17.7. The van der Waals surface area contributed by atoms with E-state index in [9.17, 15) is 10.1 Å². The number of nitro groups is 1. The van der Waals surface area contributed by atoms with E-state index in [4.69, 9.17) is 5.73 Å². The molecule has 0 spiro atoms. The molecule has 1 saturated carbocycles. The zero-order chi connectivity index (χ0) is 14.5. The number of nitrogens with zero attached hydrogens (tertiary/aromatic N) is 1. The largest absolute Gasteiger partial charge is 0.375 e. The number of benzene rings is 1. The Labute approximate surface area is 119 Å². The SMILES string of the molecule is Cc1ccc([N+](=O)[O-])c(NC(CN)C2CCCCC2)c1. The summed E-state index contributed by atoms with van der Waals surface area (Å²) in [6.45, 7) is 2.45. The second-order valence-electron chi connectivity index (χ2n) is 5.66. The lowest BCUT2D eigenvalue weighted by Gasteiger charge is -2.30. The molecule has 110 valence electrons. The standard InChI is InChI=1S/C15H23N3O2/c1-11-7-8-15(18(19)20)13(9-11)17-14(10-16)12-5-3-2-4-6-12/h7-9,12,14,17H,2-6,10,16H2,1H3. The summed E-state index contributed by atoms with van der Waals surface area (Å²) in [5, 5.41) is 14.4. The molecule has 1 aliphatic rings. The van der Waals surface area contributed by atoms with Crippen LogP contribution in [0.25, 0.3) is 0 Å². The minimum Gasteiger partial charge on any atom is -0.375 e. The van der Waals surface area contributed by atoms with Crippen molar-refractivity contribution in [1.82, 2.24) is 0 Å². The fourth-order valence-electron chi connectivity index (χ4n) is 3.03. The van der Waals surface area contributed by atoms with Gasteiger partial charge in [-0.25, -0.2) is 0 Å². The Hall–Kier alpha value is -1.62. The highest BCUT2D eigenvalue weighted by molar-refractivity contribution is 5.63. The molecule has 5 heteroatoms. The first-order valence-electron chi connectivity index (χ1n) is 7.33. The molecule has 1 aromatic rings. The van der Waals surface area contributed by atoms with Gasteiger partial charge in [0.2, 0.25) is 0 Å². The van der Waals surface area contributed by atoms with Gasteiger partial charge < -0.3 is 11.1 Å². The highest BCUT2D eigenvalue weighted by Crippen LogP contribution is 2.31. The van der Waals surface area contributed by atoms with Crippen LogP contribution in [0.2, 0.25) is 0 Å². The zero-order valence-corrected chi connectivity index (χ0v) is 12.0. The summed E-state index contributed by atoms with van der Waals surface area (Å²) in [7, 11) is 0. The second-order valence-corrected chi connectivity index (χ2v) is 5.66. The van der Waals surface area contributed by atoms with E-state index in [1.807, 2.05) is 13.0 Å². The Morgan fingerprint density at radius 3 is 2.70 bits per heavy atom. The lowest BCUT2D eigenvalue weighted by Crippen LogP contribution is -2.37. The van der Waals surface area contributed by atoms with Gasteiger partial charge in [-0.1, -0.05) is 25.3 Å². The van der Waals surface area contributed by atoms with Gasteiger partial charge in [-0.3, -0.25) is 10.1 Å². The van der Waals surface area contributed by atoms with E-state index in [0.29, 0.717) is 18.2 Å². The number of hydrogen-bond donors (Lipinski definition) is 2. The van der Waals surface area contributed by atoms with Crippen molar-refractivity contribution >= 4 is 11.4 Å². The summed E-state index contributed by atoms with van der Waals surface area (Å²) < 4.78 is 0. The molecule has 0 amide bonds. The quantitative estimate of drug-likeness (QED) is 0.639. The van der Waals surface area contributed by atoms with Crippen LogP contribution in [0.15, 0.2) is 18.2 Å². The first-order chi connectivity index (χ1) is 9.61. The monoisotopic (exact) mass is 277 g/mol. The summed E-state index contributed by atoms with van der Waals surface area (Å²) in [5.74, 6) is 0.522. The lowest BCUT2D eigenvalue weighted by atomic mass is 9.83. The van der Waals surface area contributed by atoms with Crippen LogP contribution in [0.5, 0.6) is 0 Å². The third-order valence-electron chi connectivity index (χ3n) is 4.16. The molecule has 0 radical (unpaired) electrons. The summed E-state index contributed by atoms with van der Waals surface area (Å²) in [6.07, 6.45) is 6.08. The molecular weight excluding hydrogens is 254 g/mol. The molecule has 0 aromatic heterocycles. The van der Waals surface area contributed by atoms with Gasteiger partial charge in [-0.2, -0.15) is 0 Å². The summed E-state index contributed by atoms with van der Waals surface area (Å²) >= 11 is 0. The van der Waals surface area contributed by atoms with Gasteiger partial charge in [0.05, 0.1) is 4.92 Å². The average Bonchev–Trinajstić information content (AvgIpc) is 2.45. The van der Waals surface area contributed by atoms with E-state index in [2.05, 4.69) is 5.32 Å². The van der Waals surface area contributed by atoms with Gasteiger partial charge in [0, 0.05) is 18.7 Å². The molecule has 3 N–H and O–H groups in total. The van der Waals surface area contributed by atoms with Crippen LogP contribution in [0, 0.1) is 23.0 Å². The van der Waals surface area contributed by atoms with E-state index >= 15 is 0 Å². The van der Waals surface area contributed by atoms with Gasteiger partial charge in [0.15, 0.2) is 0 Å². The first-order valence-corrected chi connectivity index (χ1v) is 7.33. The third kappa shape index (κ3) is 3.48. The average molecular weight is 277 g/mol. The molecule has 0 aliphatic heterocycles. The minimum atomic E-state index is -0.337. The summed E-state index contributed by atoms with van der Waals surface area (Å²) in [6, 6.07) is 5.28. The molecule has 1 aromatic carbocycles. The minimum absolute atomic E-state index is 0.121. The van der Waals surface area contributed by atoms with Crippen LogP contribution >= 0.6 is 0 Å². The molecule has 0 bridgehead atoms. The van der Waals surface area contributed by atoms with Crippen LogP contribution in [0.4, 0.5) is 11.4 Å². The molecule has 2 rings (SSSR count). The van der Waals surface area contributed by atoms with Gasteiger partial charge >= 0.3 is 0 Å². The molecule has 20 heavy (non-hydrogen) atoms. The molecular formula is C15H23N3O2. The summed E-state index contributed by atoms with van der Waals surface area (Å²) in [4.78, 5) is 10.8. The third-order valence-corrected chi connectivity index (χ3v) is 4.16. The maximum atomic E-state index is 11.1. The van der Waals surface area contributed by atoms with Crippen LogP contribution in [0.3, 0.4) is 0 Å². The molecule has 5 nitrogen and oxygen atoms in total. The highest BCUT2D eigenvalue weighted by Gasteiger charge is 2.24. The second kappa shape index (κ2) is 6.70. The Balaban J connectivity index is 2.17. The van der Waals surface area contributed by atoms with Crippen LogP contribution in [-0.4, -0.2) is 17.5 Å². The number of aryl methyl sites for hydroxylation is 1. The van der Waals surface area contributed by atoms with Crippen molar-refractivity contribution in [2.24, 2.45) is 11.7 Å². The van der Waals surface area contributed by atoms with E-state index < -0.39 is 0 Å². The fraction of sp³-hybridized carbons (Fsp3) is 0.600. The van der Waals surface area contributed by atoms with E-state index in [1.54, 1.807) is 12.1 Å². The number of rotatable bonds is 5. The molecule has 1 fully saturated rings. The lowest BCUT2D eigenvalue weighted by molar-refractivity contribution is -0.384. The molecule has 0 heterocycles. The first kappa shape index (κ1) is 14.8. The molecule has 1 atom stereocenters. The van der Waals surface area contributed by atoms with Crippen molar-refractivity contribution in [3.63, 3.8) is 0 Å². The van der Waals surface area contributed by atoms with Gasteiger partial charge in [0.25, 0.3) is 5.69 Å². The zero-order valence-electron chi connectivity index (χ0n) is 12.0.